The lowest BCUT2D eigenvalue weighted by Crippen LogP contribution is -2.28. The van der Waals surface area contributed by atoms with Crippen molar-refractivity contribution in [3.05, 3.63) is 35.9 Å². The van der Waals surface area contributed by atoms with E-state index in [1.807, 2.05) is 44.2 Å². The van der Waals surface area contributed by atoms with E-state index in [9.17, 15) is 9.59 Å². The van der Waals surface area contributed by atoms with Gasteiger partial charge in [0.05, 0.1) is 7.11 Å². The number of methoxy groups -OCH3 is 1. The van der Waals surface area contributed by atoms with Gasteiger partial charge in [-0.2, -0.15) is 0 Å². The van der Waals surface area contributed by atoms with E-state index in [0.717, 1.165) is 5.56 Å². The normalized spacial score (nSPS) is 15.1. The van der Waals surface area contributed by atoms with Crippen LogP contribution in [-0.2, 0) is 20.7 Å². The van der Waals surface area contributed by atoms with Crippen molar-refractivity contribution >= 4 is 11.8 Å². The van der Waals surface area contributed by atoms with Gasteiger partial charge in [0.25, 0.3) is 0 Å². The van der Waals surface area contributed by atoms with Crippen LogP contribution in [0.3, 0.4) is 0 Å². The van der Waals surface area contributed by atoms with Crippen LogP contribution in [0.5, 0.6) is 0 Å². The third-order valence-corrected chi connectivity index (χ3v) is 3.07. The van der Waals surface area contributed by atoms with E-state index in [4.69, 9.17) is 0 Å². The smallest absolute Gasteiger partial charge is 0.319 e. The summed E-state index contributed by atoms with van der Waals surface area (Å²) in [6.07, 6.45) is 1.58. The highest BCUT2D eigenvalue weighted by Crippen LogP contribution is 2.48. The van der Waals surface area contributed by atoms with Crippen molar-refractivity contribution in [1.29, 1.82) is 0 Å². The number of Topliss-reactive ketones (excluding diaryl/α,β-unsaturated/α-hetero) is 1. The van der Waals surface area contributed by atoms with Gasteiger partial charge >= 0.3 is 5.97 Å². The minimum absolute atomic E-state index is 0.0226. The first-order valence-electron chi connectivity index (χ1n) is 6.35. The Bertz CT molecular complexity index is 405. The molecule has 3 nitrogen and oxygen atoms in total. The van der Waals surface area contributed by atoms with E-state index in [1.54, 1.807) is 0 Å². The maximum absolute atomic E-state index is 12.0. The fraction of sp³-hybridized carbons (Fsp3) is 0.467. The van der Waals surface area contributed by atoms with E-state index in [1.165, 1.54) is 7.11 Å². The second-order valence-corrected chi connectivity index (χ2v) is 4.16. The molecule has 1 aliphatic carbocycles. The second kappa shape index (κ2) is 6.34. The maximum atomic E-state index is 12.0. The van der Waals surface area contributed by atoms with Crippen LogP contribution in [0.25, 0.3) is 0 Å². The summed E-state index contributed by atoms with van der Waals surface area (Å²) >= 11 is 0. The number of ether oxygens (including phenoxy) is 1. The molecule has 0 bridgehead atoms. The van der Waals surface area contributed by atoms with Crippen LogP contribution in [-0.4, -0.2) is 18.9 Å². The first kappa shape index (κ1) is 14.4. The quantitative estimate of drug-likeness (QED) is 0.608. The number of benzene rings is 1. The number of hydrogen-bond acceptors (Lipinski definition) is 3. The number of rotatable bonds is 4. The summed E-state index contributed by atoms with van der Waals surface area (Å²) in [5, 5.41) is 0. The molecular formula is C15H20O3. The zero-order valence-corrected chi connectivity index (χ0v) is 11.2. The predicted octanol–water partition coefficient (Wildman–Crippen LogP) is 2.78. The molecule has 1 aliphatic rings. The SMILES string of the molecule is CC.COC(=O)C1(C(=O)Cc2ccccc2)CC1. The van der Waals surface area contributed by atoms with Gasteiger partial charge in [-0.05, 0) is 18.4 Å². The highest BCUT2D eigenvalue weighted by Gasteiger charge is 2.56. The van der Waals surface area contributed by atoms with Crippen LogP contribution < -0.4 is 0 Å². The molecule has 0 N–H and O–H groups in total. The minimum atomic E-state index is -0.829. The zero-order chi connectivity index (χ0) is 13.6. The topological polar surface area (TPSA) is 43.4 Å². The summed E-state index contributed by atoms with van der Waals surface area (Å²) in [5.41, 5.74) is 0.118. The molecular weight excluding hydrogens is 228 g/mol. The van der Waals surface area contributed by atoms with Gasteiger partial charge in [-0.25, -0.2) is 0 Å². The van der Waals surface area contributed by atoms with Crippen LogP contribution in [0.15, 0.2) is 30.3 Å². The van der Waals surface area contributed by atoms with E-state index >= 15 is 0 Å². The van der Waals surface area contributed by atoms with E-state index in [2.05, 4.69) is 4.74 Å². The number of esters is 1. The van der Waals surface area contributed by atoms with Crippen molar-refractivity contribution in [2.75, 3.05) is 7.11 Å². The first-order valence-corrected chi connectivity index (χ1v) is 6.35. The van der Waals surface area contributed by atoms with Gasteiger partial charge in [-0.1, -0.05) is 44.2 Å². The monoisotopic (exact) mass is 248 g/mol. The Morgan fingerprint density at radius 3 is 2.17 bits per heavy atom. The Morgan fingerprint density at radius 1 is 1.17 bits per heavy atom. The largest absolute Gasteiger partial charge is 0.468 e. The molecule has 98 valence electrons. The summed E-state index contributed by atoms with van der Waals surface area (Å²) in [5.74, 6) is -0.404. The van der Waals surface area contributed by atoms with Gasteiger partial charge in [0.15, 0.2) is 5.78 Å². The number of carbonyl (C=O) groups excluding carboxylic acids is 2. The lowest BCUT2D eigenvalue weighted by molar-refractivity contribution is -0.151. The number of carbonyl (C=O) groups is 2. The third kappa shape index (κ3) is 2.97. The summed E-state index contributed by atoms with van der Waals surface area (Å²) in [6.45, 7) is 4.00. The molecule has 18 heavy (non-hydrogen) atoms. The molecule has 0 atom stereocenters. The predicted molar refractivity (Wildman–Crippen MR) is 70.2 cm³/mol. The first-order chi connectivity index (χ1) is 8.69. The molecule has 0 unspecified atom stereocenters. The van der Waals surface area contributed by atoms with Crippen molar-refractivity contribution in [2.24, 2.45) is 5.41 Å². The molecule has 0 aliphatic heterocycles. The van der Waals surface area contributed by atoms with Gasteiger partial charge < -0.3 is 4.74 Å². The molecule has 1 fully saturated rings. The molecule has 2 rings (SSSR count). The van der Waals surface area contributed by atoms with Crippen molar-refractivity contribution in [3.8, 4) is 0 Å². The molecule has 0 radical (unpaired) electrons. The molecule has 3 heteroatoms. The fourth-order valence-corrected chi connectivity index (χ4v) is 1.87. The summed E-state index contributed by atoms with van der Waals surface area (Å²) in [6, 6.07) is 9.47. The average molecular weight is 248 g/mol. The van der Waals surface area contributed by atoms with E-state index in [0.29, 0.717) is 19.3 Å². The lowest BCUT2D eigenvalue weighted by Gasteiger charge is -2.10. The highest BCUT2D eigenvalue weighted by molar-refractivity contribution is 6.07. The Hall–Kier alpha value is -1.64. The van der Waals surface area contributed by atoms with Gasteiger partial charge in [0.2, 0.25) is 0 Å². The number of hydrogen-bond donors (Lipinski definition) is 0. The van der Waals surface area contributed by atoms with Crippen LogP contribution in [0, 0.1) is 5.41 Å². The van der Waals surface area contributed by atoms with Crippen molar-refractivity contribution in [1.82, 2.24) is 0 Å². The van der Waals surface area contributed by atoms with Gasteiger partial charge in [-0.3, -0.25) is 9.59 Å². The third-order valence-electron chi connectivity index (χ3n) is 3.07. The van der Waals surface area contributed by atoms with Crippen LogP contribution in [0.4, 0.5) is 0 Å². The molecule has 0 aromatic heterocycles. The Kier molecular flexibility index (Phi) is 5.08. The summed E-state index contributed by atoms with van der Waals surface area (Å²) in [7, 11) is 1.33. The molecule has 1 saturated carbocycles. The van der Waals surface area contributed by atoms with Crippen molar-refractivity contribution in [3.63, 3.8) is 0 Å². The molecule has 0 amide bonds. The van der Waals surface area contributed by atoms with E-state index in [-0.39, 0.29) is 11.8 Å². The molecule has 0 spiro atoms. The zero-order valence-electron chi connectivity index (χ0n) is 11.2. The minimum Gasteiger partial charge on any atom is -0.468 e. The Balaban J connectivity index is 0.000000771. The lowest BCUT2D eigenvalue weighted by atomic mass is 9.95. The van der Waals surface area contributed by atoms with Gasteiger partial charge in [0, 0.05) is 6.42 Å². The maximum Gasteiger partial charge on any atom is 0.319 e. The molecule has 0 heterocycles. The average Bonchev–Trinajstić information content (AvgIpc) is 3.23. The second-order valence-electron chi connectivity index (χ2n) is 4.16. The summed E-state index contributed by atoms with van der Waals surface area (Å²) in [4.78, 5) is 23.5. The Morgan fingerprint density at radius 2 is 1.72 bits per heavy atom. The van der Waals surface area contributed by atoms with E-state index < -0.39 is 5.41 Å². The van der Waals surface area contributed by atoms with Gasteiger partial charge in [-0.15, -0.1) is 0 Å². The highest BCUT2D eigenvalue weighted by atomic mass is 16.5. The van der Waals surface area contributed by atoms with Crippen LogP contribution in [0.1, 0.15) is 32.3 Å². The van der Waals surface area contributed by atoms with Crippen molar-refractivity contribution in [2.45, 2.75) is 33.1 Å². The van der Waals surface area contributed by atoms with Crippen LogP contribution in [0.2, 0.25) is 0 Å². The number of ketones is 1. The molecule has 0 saturated heterocycles. The van der Waals surface area contributed by atoms with Crippen LogP contribution >= 0.6 is 0 Å². The molecule has 1 aromatic rings. The molecule has 1 aromatic carbocycles. The summed E-state index contributed by atoms with van der Waals surface area (Å²) < 4.78 is 4.68. The fourth-order valence-electron chi connectivity index (χ4n) is 1.87. The van der Waals surface area contributed by atoms with Gasteiger partial charge in [0.1, 0.15) is 5.41 Å². The van der Waals surface area contributed by atoms with Crippen molar-refractivity contribution < 1.29 is 14.3 Å². The standard InChI is InChI=1S/C13H14O3.C2H6/c1-16-12(15)13(7-8-13)11(14)9-10-5-3-2-4-6-10;1-2/h2-6H,7-9H2,1H3;1-2H3. The Labute approximate surface area is 108 Å².